The number of hydrogen-bond acceptors (Lipinski definition) is 3. The van der Waals surface area contributed by atoms with Crippen LogP contribution in [0.3, 0.4) is 0 Å². The number of carbonyl (C=O) groups excluding carboxylic acids is 2. The van der Waals surface area contributed by atoms with Crippen molar-refractivity contribution in [3.05, 3.63) is 47.5 Å². The largest absolute Gasteiger partial charge is 0.466 e. The summed E-state index contributed by atoms with van der Waals surface area (Å²) in [6, 6.07) is 7.71. The number of esters is 1. The Kier molecular flexibility index (Phi) is 3.84. The van der Waals surface area contributed by atoms with E-state index in [1.165, 1.54) is 13.2 Å². The van der Waals surface area contributed by atoms with Crippen LogP contribution < -0.4 is 0 Å². The lowest BCUT2D eigenvalue weighted by Crippen LogP contribution is -2.25. The SMILES string of the molecule is COC(=O)/C=C/C1(C)CCCc2ccccc2C1=O. The normalized spacial score (nSPS) is 22.9. The molecule has 3 heteroatoms. The first-order valence-corrected chi connectivity index (χ1v) is 6.47. The Labute approximate surface area is 113 Å². The van der Waals surface area contributed by atoms with Gasteiger partial charge >= 0.3 is 5.97 Å². The smallest absolute Gasteiger partial charge is 0.330 e. The number of allylic oxidation sites excluding steroid dienone is 1. The van der Waals surface area contributed by atoms with Crippen LogP contribution in [0.25, 0.3) is 0 Å². The number of hydrogen-bond donors (Lipinski definition) is 0. The second kappa shape index (κ2) is 5.39. The number of methoxy groups -OCH3 is 1. The van der Waals surface area contributed by atoms with Crippen molar-refractivity contribution in [2.75, 3.05) is 7.11 Å². The average molecular weight is 258 g/mol. The fourth-order valence-corrected chi connectivity index (χ4v) is 2.51. The van der Waals surface area contributed by atoms with Crippen LogP contribution in [0.15, 0.2) is 36.4 Å². The second-order valence-corrected chi connectivity index (χ2v) is 5.11. The van der Waals surface area contributed by atoms with E-state index < -0.39 is 11.4 Å². The van der Waals surface area contributed by atoms with Crippen molar-refractivity contribution in [1.82, 2.24) is 0 Å². The van der Waals surface area contributed by atoms with Crippen molar-refractivity contribution in [2.24, 2.45) is 5.41 Å². The molecule has 100 valence electrons. The number of ether oxygens (including phenoxy) is 1. The standard InChI is InChI=1S/C16H18O3/c1-16(11-9-14(17)19-2)10-5-7-12-6-3-4-8-13(12)15(16)18/h3-4,6,8-9,11H,5,7,10H2,1-2H3/b11-9+. The molecule has 0 radical (unpaired) electrons. The molecule has 1 aromatic rings. The molecule has 0 fully saturated rings. The van der Waals surface area contributed by atoms with E-state index in [2.05, 4.69) is 4.74 Å². The fraction of sp³-hybridized carbons (Fsp3) is 0.375. The molecule has 0 N–H and O–H groups in total. The lowest BCUT2D eigenvalue weighted by molar-refractivity contribution is -0.134. The van der Waals surface area contributed by atoms with Gasteiger partial charge < -0.3 is 4.74 Å². The van der Waals surface area contributed by atoms with Crippen molar-refractivity contribution in [2.45, 2.75) is 26.2 Å². The Morgan fingerprint density at radius 2 is 2.11 bits per heavy atom. The zero-order valence-electron chi connectivity index (χ0n) is 11.3. The second-order valence-electron chi connectivity index (χ2n) is 5.11. The van der Waals surface area contributed by atoms with E-state index >= 15 is 0 Å². The molecule has 19 heavy (non-hydrogen) atoms. The zero-order chi connectivity index (χ0) is 13.9. The quantitative estimate of drug-likeness (QED) is 0.465. The van der Waals surface area contributed by atoms with E-state index in [0.29, 0.717) is 0 Å². The average Bonchev–Trinajstić information content (AvgIpc) is 2.55. The lowest BCUT2D eigenvalue weighted by Gasteiger charge is -2.22. The first-order chi connectivity index (χ1) is 9.07. The Bertz CT molecular complexity index is 531. The van der Waals surface area contributed by atoms with Gasteiger partial charge in [-0.05, 0) is 31.7 Å². The topological polar surface area (TPSA) is 43.4 Å². The van der Waals surface area contributed by atoms with Crippen LogP contribution in [-0.2, 0) is 16.0 Å². The van der Waals surface area contributed by atoms with Crippen LogP contribution in [0.5, 0.6) is 0 Å². The van der Waals surface area contributed by atoms with Gasteiger partial charge in [-0.1, -0.05) is 30.3 Å². The van der Waals surface area contributed by atoms with Gasteiger partial charge in [-0.3, -0.25) is 4.79 Å². The third kappa shape index (κ3) is 2.75. The molecular weight excluding hydrogens is 240 g/mol. The molecule has 1 unspecified atom stereocenters. The number of ketones is 1. The van der Waals surface area contributed by atoms with Gasteiger partial charge in [0.1, 0.15) is 0 Å². The number of carbonyl (C=O) groups is 2. The highest BCUT2D eigenvalue weighted by atomic mass is 16.5. The summed E-state index contributed by atoms with van der Waals surface area (Å²) in [7, 11) is 1.33. The number of Topliss-reactive ketones (excluding diaryl/α,β-unsaturated/α-hetero) is 1. The Morgan fingerprint density at radius 1 is 1.37 bits per heavy atom. The highest BCUT2D eigenvalue weighted by Crippen LogP contribution is 2.35. The monoisotopic (exact) mass is 258 g/mol. The lowest BCUT2D eigenvalue weighted by atomic mass is 9.79. The number of fused-ring (bicyclic) bond motifs is 1. The minimum Gasteiger partial charge on any atom is -0.466 e. The van der Waals surface area contributed by atoms with Gasteiger partial charge in [-0.2, -0.15) is 0 Å². The molecule has 0 heterocycles. The van der Waals surface area contributed by atoms with E-state index in [0.717, 1.165) is 30.4 Å². The first-order valence-electron chi connectivity index (χ1n) is 6.47. The maximum absolute atomic E-state index is 12.7. The third-order valence-electron chi connectivity index (χ3n) is 3.71. The highest BCUT2D eigenvalue weighted by molar-refractivity contribution is 6.03. The van der Waals surface area contributed by atoms with Crippen LogP contribution in [0, 0.1) is 5.41 Å². The van der Waals surface area contributed by atoms with Gasteiger partial charge in [-0.15, -0.1) is 0 Å². The summed E-state index contributed by atoms with van der Waals surface area (Å²) in [6.45, 7) is 1.89. The van der Waals surface area contributed by atoms with E-state index in [4.69, 9.17) is 0 Å². The molecule has 0 saturated heterocycles. The molecule has 3 nitrogen and oxygen atoms in total. The molecule has 1 atom stereocenters. The summed E-state index contributed by atoms with van der Waals surface area (Å²) in [5, 5.41) is 0. The summed E-state index contributed by atoms with van der Waals surface area (Å²) < 4.78 is 4.59. The van der Waals surface area contributed by atoms with Crippen molar-refractivity contribution >= 4 is 11.8 Å². The molecule has 0 aromatic heterocycles. The molecular formula is C16H18O3. The van der Waals surface area contributed by atoms with E-state index in [9.17, 15) is 9.59 Å². The predicted molar refractivity (Wildman–Crippen MR) is 73.0 cm³/mol. The first kappa shape index (κ1) is 13.5. The molecule has 0 aliphatic heterocycles. The van der Waals surface area contributed by atoms with Crippen LogP contribution in [0.4, 0.5) is 0 Å². The molecule has 1 aromatic carbocycles. The van der Waals surface area contributed by atoms with Crippen LogP contribution in [-0.4, -0.2) is 18.9 Å². The van der Waals surface area contributed by atoms with Crippen LogP contribution >= 0.6 is 0 Å². The minimum atomic E-state index is -0.624. The molecule has 2 rings (SSSR count). The maximum atomic E-state index is 12.7. The Hall–Kier alpha value is -1.90. The third-order valence-corrected chi connectivity index (χ3v) is 3.71. The van der Waals surface area contributed by atoms with Crippen molar-refractivity contribution in [3.8, 4) is 0 Å². The minimum absolute atomic E-state index is 0.0840. The fourth-order valence-electron chi connectivity index (χ4n) is 2.51. The Balaban J connectivity index is 2.35. The molecule has 0 bridgehead atoms. The maximum Gasteiger partial charge on any atom is 0.330 e. The molecule has 0 saturated carbocycles. The van der Waals surface area contributed by atoms with Gasteiger partial charge in [0.2, 0.25) is 0 Å². The Morgan fingerprint density at radius 3 is 2.84 bits per heavy atom. The zero-order valence-corrected chi connectivity index (χ0v) is 11.3. The van der Waals surface area contributed by atoms with Gasteiger partial charge in [0.15, 0.2) is 5.78 Å². The molecule has 0 amide bonds. The summed E-state index contributed by atoms with van der Waals surface area (Å²) in [5.74, 6) is -0.340. The van der Waals surface area contributed by atoms with Crippen molar-refractivity contribution in [3.63, 3.8) is 0 Å². The van der Waals surface area contributed by atoms with E-state index in [-0.39, 0.29) is 5.78 Å². The van der Waals surface area contributed by atoms with Crippen molar-refractivity contribution in [1.29, 1.82) is 0 Å². The van der Waals surface area contributed by atoms with Gasteiger partial charge in [-0.25, -0.2) is 4.79 Å². The van der Waals surface area contributed by atoms with E-state index in [1.807, 2.05) is 31.2 Å². The predicted octanol–water partition coefficient (Wildman–Crippen LogP) is 2.94. The number of rotatable bonds is 2. The van der Waals surface area contributed by atoms with Crippen molar-refractivity contribution < 1.29 is 14.3 Å². The van der Waals surface area contributed by atoms with Crippen LogP contribution in [0.2, 0.25) is 0 Å². The molecule has 0 spiro atoms. The molecule has 1 aliphatic rings. The summed E-state index contributed by atoms with van der Waals surface area (Å²) in [6.07, 6.45) is 5.62. The number of aryl methyl sites for hydroxylation is 1. The molecule has 1 aliphatic carbocycles. The summed E-state index contributed by atoms with van der Waals surface area (Å²) in [4.78, 5) is 23.9. The number of benzene rings is 1. The highest BCUT2D eigenvalue weighted by Gasteiger charge is 2.34. The summed E-state index contributed by atoms with van der Waals surface area (Å²) in [5.41, 5.74) is 1.25. The summed E-state index contributed by atoms with van der Waals surface area (Å²) >= 11 is 0. The van der Waals surface area contributed by atoms with Gasteiger partial charge in [0, 0.05) is 17.1 Å². The van der Waals surface area contributed by atoms with Gasteiger partial charge in [0.05, 0.1) is 7.11 Å². The van der Waals surface area contributed by atoms with Crippen LogP contribution in [0.1, 0.15) is 35.7 Å². The van der Waals surface area contributed by atoms with Gasteiger partial charge in [0.25, 0.3) is 0 Å². The van der Waals surface area contributed by atoms with E-state index in [1.54, 1.807) is 6.08 Å².